The molecular formula is C21H17N3OS. The van der Waals surface area contributed by atoms with Crippen molar-refractivity contribution in [3.63, 3.8) is 0 Å². The van der Waals surface area contributed by atoms with Crippen molar-refractivity contribution >= 4 is 17.2 Å². The van der Waals surface area contributed by atoms with Gasteiger partial charge in [0.1, 0.15) is 11.4 Å². The number of aromatic nitrogens is 2. The predicted octanol–water partition coefficient (Wildman–Crippen LogP) is 4.84. The number of ether oxygens (including phenoxy) is 1. The van der Waals surface area contributed by atoms with E-state index in [9.17, 15) is 0 Å². The van der Waals surface area contributed by atoms with Crippen molar-refractivity contribution in [1.29, 1.82) is 0 Å². The Morgan fingerprint density at radius 3 is 2.23 bits per heavy atom. The standard InChI is InChI=1S/C21H17N3OS/c1-25-19-15-9-8-14-18(19)22-21-23-20(16-10-4-2-5-11-16)24(26-21)17-12-6-3-7-13-17/h2-15H,1H3. The Morgan fingerprint density at radius 2 is 1.50 bits per heavy atom. The third kappa shape index (κ3) is 3.30. The summed E-state index contributed by atoms with van der Waals surface area (Å²) in [6.07, 6.45) is 0. The van der Waals surface area contributed by atoms with Gasteiger partial charge in [-0.1, -0.05) is 60.7 Å². The molecule has 4 nitrogen and oxygen atoms in total. The van der Waals surface area contributed by atoms with Crippen molar-refractivity contribution in [2.45, 2.75) is 0 Å². The summed E-state index contributed by atoms with van der Waals surface area (Å²) in [6, 6.07) is 28.0. The summed E-state index contributed by atoms with van der Waals surface area (Å²) in [4.78, 5) is 10.2. The highest BCUT2D eigenvalue weighted by molar-refractivity contribution is 7.04. The van der Waals surface area contributed by atoms with Crippen LogP contribution in [-0.2, 0) is 0 Å². The van der Waals surface area contributed by atoms with Crippen molar-refractivity contribution in [2.75, 3.05) is 7.11 Å². The van der Waals surface area contributed by atoms with Crippen molar-refractivity contribution in [3.8, 4) is 22.8 Å². The summed E-state index contributed by atoms with van der Waals surface area (Å²) in [7, 11) is 1.65. The van der Waals surface area contributed by atoms with E-state index < -0.39 is 0 Å². The molecule has 128 valence electrons. The lowest BCUT2D eigenvalue weighted by Crippen LogP contribution is -1.97. The van der Waals surface area contributed by atoms with Crippen LogP contribution >= 0.6 is 11.5 Å². The van der Waals surface area contributed by atoms with Crippen LogP contribution in [-0.4, -0.2) is 16.1 Å². The molecule has 0 amide bonds. The maximum absolute atomic E-state index is 5.40. The van der Waals surface area contributed by atoms with E-state index in [0.717, 1.165) is 28.5 Å². The van der Waals surface area contributed by atoms with E-state index in [2.05, 4.69) is 28.2 Å². The zero-order valence-electron chi connectivity index (χ0n) is 14.2. The van der Waals surface area contributed by atoms with Crippen LogP contribution in [0.5, 0.6) is 5.75 Å². The Kier molecular flexibility index (Phi) is 4.62. The Morgan fingerprint density at radius 1 is 0.846 bits per heavy atom. The molecule has 0 unspecified atom stereocenters. The molecule has 4 rings (SSSR count). The number of hydrogen-bond donors (Lipinski definition) is 0. The molecule has 3 aromatic carbocycles. The van der Waals surface area contributed by atoms with Crippen LogP contribution in [0, 0.1) is 0 Å². The van der Waals surface area contributed by atoms with Crippen molar-refractivity contribution in [3.05, 3.63) is 89.7 Å². The first-order valence-electron chi connectivity index (χ1n) is 8.24. The molecule has 0 saturated carbocycles. The van der Waals surface area contributed by atoms with E-state index in [0.29, 0.717) is 4.80 Å². The second-order valence-electron chi connectivity index (χ2n) is 5.59. The van der Waals surface area contributed by atoms with Crippen LogP contribution in [0.25, 0.3) is 17.1 Å². The Bertz CT molecular complexity index is 1010. The molecule has 0 radical (unpaired) electrons. The van der Waals surface area contributed by atoms with Gasteiger partial charge in [0.15, 0.2) is 5.82 Å². The molecule has 4 aromatic rings. The molecular weight excluding hydrogens is 342 g/mol. The lowest BCUT2D eigenvalue weighted by Gasteiger charge is -2.05. The molecule has 26 heavy (non-hydrogen) atoms. The van der Waals surface area contributed by atoms with Crippen LogP contribution < -0.4 is 9.54 Å². The first-order chi connectivity index (χ1) is 12.8. The molecule has 0 aliphatic heterocycles. The van der Waals surface area contributed by atoms with E-state index in [1.165, 1.54) is 11.5 Å². The van der Waals surface area contributed by atoms with Crippen LogP contribution in [0.3, 0.4) is 0 Å². The Labute approximate surface area is 155 Å². The summed E-state index contributed by atoms with van der Waals surface area (Å²) in [6.45, 7) is 0. The molecule has 0 fully saturated rings. The first-order valence-corrected chi connectivity index (χ1v) is 9.01. The molecule has 0 bridgehead atoms. The number of hydrogen-bond acceptors (Lipinski definition) is 4. The summed E-state index contributed by atoms with van der Waals surface area (Å²) >= 11 is 1.50. The molecule has 0 atom stereocenters. The zero-order valence-corrected chi connectivity index (χ0v) is 15.1. The maximum Gasteiger partial charge on any atom is 0.228 e. The highest BCUT2D eigenvalue weighted by Crippen LogP contribution is 2.27. The summed E-state index contributed by atoms with van der Waals surface area (Å²) in [5.74, 6) is 1.60. The summed E-state index contributed by atoms with van der Waals surface area (Å²) in [5, 5.41) is 0. The third-order valence-corrected chi connectivity index (χ3v) is 4.80. The van der Waals surface area contributed by atoms with Gasteiger partial charge in [-0.25, -0.2) is 8.95 Å². The van der Waals surface area contributed by atoms with Crippen LogP contribution in [0.15, 0.2) is 89.9 Å². The van der Waals surface area contributed by atoms with Gasteiger partial charge < -0.3 is 4.74 Å². The molecule has 0 N–H and O–H groups in total. The number of nitrogens with zero attached hydrogens (tertiary/aromatic N) is 3. The molecule has 0 spiro atoms. The maximum atomic E-state index is 5.40. The van der Waals surface area contributed by atoms with Crippen LogP contribution in [0.4, 0.5) is 5.69 Å². The van der Waals surface area contributed by atoms with Gasteiger partial charge in [-0.3, -0.25) is 0 Å². The highest BCUT2D eigenvalue weighted by Gasteiger charge is 2.11. The average molecular weight is 359 g/mol. The van der Waals surface area contributed by atoms with E-state index in [1.807, 2.05) is 60.7 Å². The number of para-hydroxylation sites is 3. The Balaban J connectivity index is 1.91. The van der Waals surface area contributed by atoms with Crippen molar-refractivity contribution < 1.29 is 4.74 Å². The quantitative estimate of drug-likeness (QED) is 0.523. The highest BCUT2D eigenvalue weighted by atomic mass is 32.1. The monoisotopic (exact) mass is 359 g/mol. The SMILES string of the molecule is COc1ccccc1N=c1nc(-c2ccccc2)n(-c2ccccc2)s1. The van der Waals surface area contributed by atoms with Gasteiger partial charge in [0.25, 0.3) is 0 Å². The van der Waals surface area contributed by atoms with Gasteiger partial charge in [-0.15, -0.1) is 0 Å². The van der Waals surface area contributed by atoms with E-state index >= 15 is 0 Å². The van der Waals surface area contributed by atoms with Gasteiger partial charge >= 0.3 is 0 Å². The third-order valence-electron chi connectivity index (χ3n) is 3.89. The molecule has 5 heteroatoms. The second-order valence-corrected chi connectivity index (χ2v) is 6.50. The Hall–Kier alpha value is -3.18. The molecule has 0 aliphatic carbocycles. The smallest absolute Gasteiger partial charge is 0.228 e. The van der Waals surface area contributed by atoms with Gasteiger partial charge in [0.2, 0.25) is 4.80 Å². The lowest BCUT2D eigenvalue weighted by atomic mass is 10.2. The average Bonchev–Trinajstić information content (AvgIpc) is 3.13. The van der Waals surface area contributed by atoms with Gasteiger partial charge in [0, 0.05) is 5.56 Å². The fourth-order valence-electron chi connectivity index (χ4n) is 2.66. The zero-order chi connectivity index (χ0) is 17.8. The molecule has 0 saturated heterocycles. The van der Waals surface area contributed by atoms with Crippen LogP contribution in [0.2, 0.25) is 0 Å². The van der Waals surface area contributed by atoms with Crippen molar-refractivity contribution in [2.24, 2.45) is 4.99 Å². The van der Waals surface area contributed by atoms with Crippen molar-refractivity contribution in [1.82, 2.24) is 8.94 Å². The van der Waals surface area contributed by atoms with E-state index in [4.69, 9.17) is 14.7 Å². The normalized spacial score (nSPS) is 11.5. The van der Waals surface area contributed by atoms with Crippen LogP contribution in [0.1, 0.15) is 0 Å². The minimum absolute atomic E-state index is 0.678. The number of methoxy groups -OCH3 is 1. The predicted molar refractivity (Wildman–Crippen MR) is 105 cm³/mol. The van der Waals surface area contributed by atoms with E-state index in [1.54, 1.807) is 7.11 Å². The van der Waals surface area contributed by atoms with Gasteiger partial charge in [-0.05, 0) is 35.8 Å². The van der Waals surface area contributed by atoms with Gasteiger partial charge in [-0.2, -0.15) is 4.98 Å². The summed E-state index contributed by atoms with van der Waals surface area (Å²) in [5.41, 5.74) is 2.88. The molecule has 0 aliphatic rings. The second kappa shape index (κ2) is 7.37. The van der Waals surface area contributed by atoms with Gasteiger partial charge in [0.05, 0.1) is 12.8 Å². The lowest BCUT2D eigenvalue weighted by molar-refractivity contribution is 0.416. The fourth-order valence-corrected chi connectivity index (χ4v) is 3.55. The summed E-state index contributed by atoms with van der Waals surface area (Å²) < 4.78 is 7.50. The topological polar surface area (TPSA) is 39.4 Å². The van der Waals surface area contributed by atoms with E-state index in [-0.39, 0.29) is 0 Å². The number of rotatable bonds is 4. The molecule has 1 heterocycles. The minimum Gasteiger partial charge on any atom is -0.494 e. The minimum atomic E-state index is 0.678. The molecule has 1 aromatic heterocycles. The number of benzene rings is 3. The first kappa shape index (κ1) is 16.3. The largest absolute Gasteiger partial charge is 0.494 e. The fraction of sp³-hybridized carbons (Fsp3) is 0.0476.